The van der Waals surface area contributed by atoms with Crippen LogP contribution in [0.2, 0.25) is 0 Å². The summed E-state index contributed by atoms with van der Waals surface area (Å²) in [6.45, 7) is 1.02. The fourth-order valence-corrected chi connectivity index (χ4v) is 3.77. The minimum absolute atomic E-state index is 0.0511. The second kappa shape index (κ2) is 9.04. The molecule has 1 amide bonds. The van der Waals surface area contributed by atoms with Crippen LogP contribution in [-0.2, 0) is 11.2 Å². The monoisotopic (exact) mass is 431 g/mol. The number of hydrogen-bond donors (Lipinski definition) is 1. The molecule has 1 aliphatic rings. The Kier molecular flexibility index (Phi) is 6.50. The molecule has 1 heterocycles. The number of nitrogens with zero attached hydrogens (tertiary/aromatic N) is 1. The Morgan fingerprint density at radius 3 is 2.85 bits per heavy atom. The van der Waals surface area contributed by atoms with Gasteiger partial charge in [0.15, 0.2) is 0 Å². The van der Waals surface area contributed by atoms with E-state index in [2.05, 4.69) is 15.9 Å². The second-order valence-corrected chi connectivity index (χ2v) is 7.37. The molecule has 0 aromatic heterocycles. The van der Waals surface area contributed by atoms with Crippen molar-refractivity contribution in [2.45, 2.75) is 31.7 Å². The van der Waals surface area contributed by atoms with Gasteiger partial charge in [0.1, 0.15) is 28.9 Å². The zero-order valence-electron chi connectivity index (χ0n) is 14.9. The van der Waals surface area contributed by atoms with Crippen LogP contribution in [0.5, 0.6) is 11.5 Å². The average Bonchev–Trinajstić information content (AvgIpc) is 2.69. The number of hydrogen-bond acceptors (Lipinski definition) is 4. The van der Waals surface area contributed by atoms with Crippen molar-refractivity contribution in [3.8, 4) is 11.5 Å². The highest BCUT2D eigenvalue weighted by atomic mass is 79.9. The average molecular weight is 432 g/mol. The maximum atomic E-state index is 13.1. The molecule has 27 heavy (non-hydrogen) atoms. The lowest BCUT2D eigenvalue weighted by molar-refractivity contribution is -0.107. The third kappa shape index (κ3) is 4.50. The first kappa shape index (κ1) is 19.4. The van der Waals surface area contributed by atoms with Crippen molar-refractivity contribution >= 4 is 28.1 Å². The minimum Gasteiger partial charge on any atom is -0.507 e. The molecule has 1 saturated heterocycles. The molecule has 2 aromatic carbocycles. The summed E-state index contributed by atoms with van der Waals surface area (Å²) in [5.74, 6) is 0.608. The van der Waals surface area contributed by atoms with Crippen LogP contribution in [0.15, 0.2) is 46.9 Å². The number of aldehydes is 1. The number of phenolic OH excluding ortho intramolecular Hbond substituents is 1. The first-order valence-corrected chi connectivity index (χ1v) is 9.84. The third-order valence-electron chi connectivity index (χ3n) is 4.81. The lowest BCUT2D eigenvalue weighted by atomic mass is 9.98. The van der Waals surface area contributed by atoms with Gasteiger partial charge in [-0.3, -0.25) is 4.79 Å². The van der Waals surface area contributed by atoms with Crippen molar-refractivity contribution in [1.29, 1.82) is 0 Å². The van der Waals surface area contributed by atoms with Crippen LogP contribution in [0.4, 0.5) is 0 Å². The van der Waals surface area contributed by atoms with E-state index in [0.717, 1.165) is 31.1 Å². The van der Waals surface area contributed by atoms with E-state index in [1.807, 2.05) is 23.1 Å². The van der Waals surface area contributed by atoms with Gasteiger partial charge in [-0.05, 0) is 59.0 Å². The number of ether oxygens (including phenoxy) is 1. The molecule has 0 aliphatic carbocycles. The van der Waals surface area contributed by atoms with Gasteiger partial charge in [0.05, 0.1) is 6.04 Å². The summed E-state index contributed by atoms with van der Waals surface area (Å²) < 4.78 is 6.40. The number of benzene rings is 2. The van der Waals surface area contributed by atoms with Crippen LogP contribution in [-0.4, -0.2) is 41.4 Å². The van der Waals surface area contributed by atoms with Crippen molar-refractivity contribution < 1.29 is 19.4 Å². The number of carbonyl (C=O) groups excluding carboxylic acids is 2. The van der Waals surface area contributed by atoms with Crippen molar-refractivity contribution in [1.82, 2.24) is 4.90 Å². The van der Waals surface area contributed by atoms with Crippen molar-refractivity contribution in [2.75, 3.05) is 13.2 Å². The zero-order valence-corrected chi connectivity index (χ0v) is 16.5. The number of aromatic hydroxyl groups is 1. The van der Waals surface area contributed by atoms with E-state index in [9.17, 15) is 14.7 Å². The third-order valence-corrected chi connectivity index (χ3v) is 5.61. The van der Waals surface area contributed by atoms with E-state index in [-0.39, 0.29) is 24.1 Å². The maximum absolute atomic E-state index is 13.1. The van der Waals surface area contributed by atoms with E-state index in [1.54, 1.807) is 24.3 Å². The van der Waals surface area contributed by atoms with Crippen LogP contribution >= 0.6 is 15.9 Å². The van der Waals surface area contributed by atoms with E-state index in [0.29, 0.717) is 28.9 Å². The van der Waals surface area contributed by atoms with Gasteiger partial charge in [-0.25, -0.2) is 0 Å². The quantitative estimate of drug-likeness (QED) is 0.702. The van der Waals surface area contributed by atoms with Gasteiger partial charge in [0, 0.05) is 18.5 Å². The largest absolute Gasteiger partial charge is 0.507 e. The van der Waals surface area contributed by atoms with Crippen LogP contribution in [0.3, 0.4) is 0 Å². The van der Waals surface area contributed by atoms with Crippen molar-refractivity contribution in [2.24, 2.45) is 0 Å². The number of piperidine rings is 1. The fraction of sp³-hybridized carbons (Fsp3) is 0.333. The summed E-state index contributed by atoms with van der Waals surface area (Å²) in [5.41, 5.74) is 1.33. The Hall–Kier alpha value is -2.34. The van der Waals surface area contributed by atoms with Crippen LogP contribution in [0.1, 0.15) is 35.2 Å². The molecule has 0 unspecified atom stereocenters. The van der Waals surface area contributed by atoms with Gasteiger partial charge in [-0.15, -0.1) is 0 Å². The maximum Gasteiger partial charge on any atom is 0.254 e. The van der Waals surface area contributed by atoms with E-state index in [4.69, 9.17) is 4.74 Å². The Morgan fingerprint density at radius 2 is 2.04 bits per heavy atom. The summed E-state index contributed by atoms with van der Waals surface area (Å²) in [7, 11) is 0. The van der Waals surface area contributed by atoms with E-state index >= 15 is 0 Å². The predicted molar refractivity (Wildman–Crippen MR) is 106 cm³/mol. The number of rotatable bonds is 6. The number of carbonyl (C=O) groups is 2. The van der Waals surface area contributed by atoms with E-state index in [1.165, 1.54) is 0 Å². The van der Waals surface area contributed by atoms with E-state index < -0.39 is 0 Å². The van der Waals surface area contributed by atoms with Crippen LogP contribution in [0.25, 0.3) is 0 Å². The van der Waals surface area contributed by atoms with Crippen molar-refractivity contribution in [3.05, 3.63) is 58.1 Å². The summed E-state index contributed by atoms with van der Waals surface area (Å²) in [6.07, 6.45) is 3.90. The molecule has 0 saturated carbocycles. The highest BCUT2D eigenvalue weighted by Gasteiger charge is 2.29. The molecule has 1 N–H and O–H groups in total. The minimum atomic E-state index is -0.0595. The summed E-state index contributed by atoms with van der Waals surface area (Å²) in [4.78, 5) is 25.9. The first-order chi connectivity index (χ1) is 13.1. The molecule has 0 spiro atoms. The number of halogens is 1. The molecule has 6 heteroatoms. The van der Waals surface area contributed by atoms with Gasteiger partial charge >= 0.3 is 0 Å². The topological polar surface area (TPSA) is 66.8 Å². The SMILES string of the molecule is O=CCc1ccccc1C(=O)N1CCCC[C@H]1COc1cccc(O)c1Br. The standard InChI is InChI=1S/C21H22BrNO4/c22-20-18(25)9-5-10-19(20)27-14-16-7-3-4-12-23(16)21(26)17-8-2-1-6-15(17)11-13-24/h1-2,5-6,8-10,13,16,25H,3-4,7,11-12,14H2/t16-/m0/s1. The smallest absolute Gasteiger partial charge is 0.254 e. The molecule has 142 valence electrons. The molecule has 3 rings (SSSR count). The molecular formula is C21H22BrNO4. The molecule has 2 aromatic rings. The Labute approximate surface area is 167 Å². The Bertz CT molecular complexity index is 824. The normalized spacial score (nSPS) is 16.8. The number of amides is 1. The summed E-state index contributed by atoms with van der Waals surface area (Å²) in [5, 5.41) is 9.79. The Balaban J connectivity index is 1.76. The lowest BCUT2D eigenvalue weighted by Gasteiger charge is -2.36. The van der Waals surface area contributed by atoms with Gasteiger partial charge in [-0.1, -0.05) is 24.3 Å². The second-order valence-electron chi connectivity index (χ2n) is 6.58. The summed E-state index contributed by atoms with van der Waals surface area (Å²) in [6, 6.07) is 12.3. The lowest BCUT2D eigenvalue weighted by Crippen LogP contribution is -2.47. The van der Waals surface area contributed by atoms with Gasteiger partial charge in [0.2, 0.25) is 0 Å². The Morgan fingerprint density at radius 1 is 1.22 bits per heavy atom. The van der Waals surface area contributed by atoms with Gasteiger partial charge in [-0.2, -0.15) is 0 Å². The van der Waals surface area contributed by atoms with Gasteiger partial charge in [0.25, 0.3) is 5.91 Å². The fourth-order valence-electron chi connectivity index (χ4n) is 3.39. The molecule has 0 radical (unpaired) electrons. The summed E-state index contributed by atoms with van der Waals surface area (Å²) >= 11 is 3.32. The van der Waals surface area contributed by atoms with Crippen LogP contribution in [0, 0.1) is 0 Å². The number of likely N-dealkylation sites (tertiary alicyclic amines) is 1. The molecule has 1 aliphatic heterocycles. The molecule has 1 fully saturated rings. The zero-order chi connectivity index (χ0) is 19.2. The first-order valence-electron chi connectivity index (χ1n) is 9.04. The highest BCUT2D eigenvalue weighted by Crippen LogP contribution is 2.33. The molecule has 0 bridgehead atoms. The predicted octanol–water partition coefficient (Wildman–Crippen LogP) is 3.97. The molecular weight excluding hydrogens is 410 g/mol. The van der Waals surface area contributed by atoms with Crippen LogP contribution < -0.4 is 4.74 Å². The number of phenols is 1. The van der Waals surface area contributed by atoms with Crippen molar-refractivity contribution in [3.63, 3.8) is 0 Å². The molecule has 1 atom stereocenters. The van der Waals surface area contributed by atoms with Gasteiger partial charge < -0.3 is 19.5 Å². The highest BCUT2D eigenvalue weighted by molar-refractivity contribution is 9.10. The molecule has 5 nitrogen and oxygen atoms in total.